The Morgan fingerprint density at radius 1 is 1.31 bits per heavy atom. The summed E-state index contributed by atoms with van der Waals surface area (Å²) < 4.78 is 23.0. The molecule has 0 unspecified atom stereocenters. The first-order valence-corrected chi connectivity index (χ1v) is 6.39. The third-order valence-corrected chi connectivity index (χ3v) is 3.91. The standard InChI is InChI=1S/C10H14N2O3S/c1-3-16(14,15)9-6-4-8(5-7-9)10(13)12(2)11/h4-7H,3,11H2,1-2H3. The van der Waals surface area contributed by atoms with Crippen molar-refractivity contribution in [2.24, 2.45) is 5.84 Å². The average molecular weight is 242 g/mol. The molecule has 16 heavy (non-hydrogen) atoms. The number of nitrogens with two attached hydrogens (primary N) is 1. The van der Waals surface area contributed by atoms with Gasteiger partial charge in [-0.25, -0.2) is 14.3 Å². The zero-order valence-electron chi connectivity index (χ0n) is 9.17. The van der Waals surface area contributed by atoms with E-state index in [0.717, 1.165) is 5.01 Å². The van der Waals surface area contributed by atoms with Crippen LogP contribution >= 0.6 is 0 Å². The molecule has 0 heterocycles. The summed E-state index contributed by atoms with van der Waals surface area (Å²) in [6.45, 7) is 1.57. The molecule has 1 aromatic rings. The fourth-order valence-corrected chi connectivity index (χ4v) is 2.06. The van der Waals surface area contributed by atoms with Gasteiger partial charge in [0, 0.05) is 12.6 Å². The van der Waals surface area contributed by atoms with Gasteiger partial charge >= 0.3 is 0 Å². The topological polar surface area (TPSA) is 80.5 Å². The van der Waals surface area contributed by atoms with Crippen molar-refractivity contribution in [2.45, 2.75) is 11.8 Å². The fraction of sp³-hybridized carbons (Fsp3) is 0.300. The first kappa shape index (κ1) is 12.7. The molecule has 0 saturated heterocycles. The van der Waals surface area contributed by atoms with E-state index in [4.69, 9.17) is 5.84 Å². The molecular formula is C10H14N2O3S. The number of amides is 1. The minimum Gasteiger partial charge on any atom is -0.280 e. The molecular weight excluding hydrogens is 228 g/mol. The molecule has 1 rings (SSSR count). The lowest BCUT2D eigenvalue weighted by Gasteiger charge is -2.10. The lowest BCUT2D eigenvalue weighted by molar-refractivity contribution is 0.0795. The molecule has 0 aliphatic carbocycles. The van der Waals surface area contributed by atoms with Crippen LogP contribution in [0.5, 0.6) is 0 Å². The van der Waals surface area contributed by atoms with Gasteiger partial charge in [0.2, 0.25) is 0 Å². The van der Waals surface area contributed by atoms with Crippen molar-refractivity contribution in [3.63, 3.8) is 0 Å². The lowest BCUT2D eigenvalue weighted by Crippen LogP contribution is -2.33. The molecule has 6 heteroatoms. The van der Waals surface area contributed by atoms with Gasteiger partial charge in [-0.05, 0) is 24.3 Å². The number of hydrazine groups is 1. The molecule has 0 aromatic heterocycles. The van der Waals surface area contributed by atoms with Gasteiger partial charge in [-0.15, -0.1) is 0 Å². The Balaban J connectivity index is 3.06. The van der Waals surface area contributed by atoms with E-state index < -0.39 is 9.84 Å². The molecule has 0 bridgehead atoms. The van der Waals surface area contributed by atoms with Gasteiger partial charge in [-0.2, -0.15) is 0 Å². The number of sulfone groups is 1. The van der Waals surface area contributed by atoms with E-state index in [1.165, 1.54) is 31.3 Å². The van der Waals surface area contributed by atoms with E-state index in [1.807, 2.05) is 0 Å². The normalized spacial score (nSPS) is 11.2. The molecule has 0 aliphatic heterocycles. The maximum atomic E-state index is 11.5. The van der Waals surface area contributed by atoms with Crippen LogP contribution in [0.15, 0.2) is 29.2 Å². The van der Waals surface area contributed by atoms with Gasteiger partial charge in [0.25, 0.3) is 5.91 Å². The fourth-order valence-electron chi connectivity index (χ4n) is 1.18. The third-order valence-electron chi connectivity index (χ3n) is 2.16. The molecule has 88 valence electrons. The summed E-state index contributed by atoms with van der Waals surface area (Å²) in [5.41, 5.74) is 0.361. The number of carbonyl (C=O) groups excluding carboxylic acids is 1. The van der Waals surface area contributed by atoms with E-state index in [2.05, 4.69) is 0 Å². The summed E-state index contributed by atoms with van der Waals surface area (Å²) in [5.74, 6) is 4.96. The van der Waals surface area contributed by atoms with Crippen molar-refractivity contribution >= 4 is 15.7 Å². The maximum Gasteiger partial charge on any atom is 0.267 e. The molecule has 0 radical (unpaired) electrons. The van der Waals surface area contributed by atoms with Crippen LogP contribution in [0.25, 0.3) is 0 Å². The summed E-state index contributed by atoms with van der Waals surface area (Å²) >= 11 is 0. The predicted octanol–water partition coefficient (Wildman–Crippen LogP) is 0.426. The van der Waals surface area contributed by atoms with Crippen LogP contribution in [0.1, 0.15) is 17.3 Å². The van der Waals surface area contributed by atoms with Gasteiger partial charge in [-0.3, -0.25) is 9.80 Å². The highest BCUT2D eigenvalue weighted by Crippen LogP contribution is 2.12. The highest BCUT2D eigenvalue weighted by molar-refractivity contribution is 7.91. The van der Waals surface area contributed by atoms with Crippen LogP contribution in [0.2, 0.25) is 0 Å². The molecule has 0 fully saturated rings. The van der Waals surface area contributed by atoms with Crippen LogP contribution < -0.4 is 5.84 Å². The first-order chi connectivity index (χ1) is 7.38. The van der Waals surface area contributed by atoms with Gasteiger partial charge in [0.15, 0.2) is 9.84 Å². The number of rotatable bonds is 3. The Hall–Kier alpha value is -1.40. The Kier molecular flexibility index (Phi) is 3.66. The maximum absolute atomic E-state index is 11.5. The van der Waals surface area contributed by atoms with Crippen LogP contribution in [0.3, 0.4) is 0 Å². The molecule has 0 spiro atoms. The van der Waals surface area contributed by atoms with Crippen molar-refractivity contribution in [3.8, 4) is 0 Å². The monoisotopic (exact) mass is 242 g/mol. The Morgan fingerprint density at radius 3 is 2.19 bits per heavy atom. The largest absolute Gasteiger partial charge is 0.280 e. The van der Waals surface area contributed by atoms with E-state index in [-0.39, 0.29) is 16.6 Å². The highest BCUT2D eigenvalue weighted by atomic mass is 32.2. The van der Waals surface area contributed by atoms with Gasteiger partial charge < -0.3 is 0 Å². The molecule has 1 aromatic carbocycles. The van der Waals surface area contributed by atoms with E-state index in [9.17, 15) is 13.2 Å². The molecule has 0 aliphatic rings. The van der Waals surface area contributed by atoms with Crippen molar-refractivity contribution in [1.29, 1.82) is 0 Å². The van der Waals surface area contributed by atoms with E-state index in [1.54, 1.807) is 6.92 Å². The third kappa shape index (κ3) is 2.59. The Labute approximate surface area is 94.7 Å². The van der Waals surface area contributed by atoms with Crippen LogP contribution in [-0.2, 0) is 9.84 Å². The number of hydrogen-bond donors (Lipinski definition) is 1. The predicted molar refractivity (Wildman–Crippen MR) is 60.4 cm³/mol. The second-order valence-electron chi connectivity index (χ2n) is 3.34. The van der Waals surface area contributed by atoms with E-state index in [0.29, 0.717) is 5.56 Å². The summed E-state index contributed by atoms with van der Waals surface area (Å²) in [5, 5.41) is 0.948. The smallest absolute Gasteiger partial charge is 0.267 e. The van der Waals surface area contributed by atoms with Gasteiger partial charge in [0.05, 0.1) is 10.6 Å². The van der Waals surface area contributed by atoms with Crippen molar-refractivity contribution in [1.82, 2.24) is 5.01 Å². The summed E-state index contributed by atoms with van der Waals surface area (Å²) in [4.78, 5) is 11.6. The van der Waals surface area contributed by atoms with E-state index >= 15 is 0 Å². The molecule has 0 atom stereocenters. The first-order valence-electron chi connectivity index (χ1n) is 4.74. The van der Waals surface area contributed by atoms with Crippen LogP contribution in [0.4, 0.5) is 0 Å². The summed E-state index contributed by atoms with van der Waals surface area (Å²) in [6.07, 6.45) is 0. The number of benzene rings is 1. The number of nitrogens with zero attached hydrogens (tertiary/aromatic N) is 1. The molecule has 0 saturated carbocycles. The number of hydrogen-bond acceptors (Lipinski definition) is 4. The van der Waals surface area contributed by atoms with Crippen molar-refractivity contribution in [3.05, 3.63) is 29.8 Å². The quantitative estimate of drug-likeness (QED) is 0.473. The minimum absolute atomic E-state index is 0.0388. The Bertz CT molecular complexity index is 477. The second-order valence-corrected chi connectivity index (χ2v) is 5.62. The Morgan fingerprint density at radius 2 is 1.81 bits per heavy atom. The van der Waals surface area contributed by atoms with Crippen molar-refractivity contribution < 1.29 is 13.2 Å². The van der Waals surface area contributed by atoms with Crippen molar-refractivity contribution in [2.75, 3.05) is 12.8 Å². The minimum atomic E-state index is -3.22. The zero-order valence-corrected chi connectivity index (χ0v) is 9.99. The zero-order chi connectivity index (χ0) is 12.3. The molecule has 5 nitrogen and oxygen atoms in total. The second kappa shape index (κ2) is 4.63. The molecule has 2 N–H and O–H groups in total. The van der Waals surface area contributed by atoms with Crippen LogP contribution in [-0.4, -0.2) is 32.1 Å². The SMILES string of the molecule is CCS(=O)(=O)c1ccc(C(=O)N(C)N)cc1. The average Bonchev–Trinajstić information content (AvgIpc) is 2.28. The lowest BCUT2D eigenvalue weighted by atomic mass is 10.2. The summed E-state index contributed by atoms with van der Waals surface area (Å²) in [7, 11) is -1.79. The highest BCUT2D eigenvalue weighted by Gasteiger charge is 2.13. The van der Waals surface area contributed by atoms with Crippen LogP contribution in [0, 0.1) is 0 Å². The summed E-state index contributed by atoms with van der Waals surface area (Å²) in [6, 6.07) is 5.73. The van der Waals surface area contributed by atoms with Gasteiger partial charge in [-0.1, -0.05) is 6.92 Å². The number of carbonyl (C=O) groups is 1. The van der Waals surface area contributed by atoms with Gasteiger partial charge in [0.1, 0.15) is 0 Å². The molecule has 1 amide bonds.